The smallest absolute Gasteiger partial charge is 0.369 e. The van der Waals surface area contributed by atoms with Crippen LogP contribution in [0.25, 0.3) is 0 Å². The van der Waals surface area contributed by atoms with Gasteiger partial charge in [-0.25, -0.2) is 4.98 Å². The van der Waals surface area contributed by atoms with Crippen molar-refractivity contribution in [1.29, 1.82) is 0 Å². The Balaban J connectivity index is 1.60. The molecule has 3 rings (SSSR count). The molecule has 0 radical (unpaired) electrons. The van der Waals surface area contributed by atoms with Crippen LogP contribution in [0.15, 0.2) is 42.6 Å². The van der Waals surface area contributed by atoms with Crippen molar-refractivity contribution in [3.8, 4) is 0 Å². The molecule has 0 N–H and O–H groups in total. The molecule has 1 aromatic carbocycles. The Hall–Kier alpha value is -2.77. The number of alkyl halides is 3. The quantitative estimate of drug-likeness (QED) is 0.723. The molecule has 30 heavy (non-hydrogen) atoms. The molecule has 5 nitrogen and oxygen atoms in total. The Morgan fingerprint density at radius 3 is 2.17 bits per heavy atom. The lowest BCUT2D eigenvalue weighted by Gasteiger charge is -2.35. The first kappa shape index (κ1) is 21.9. The van der Waals surface area contributed by atoms with Gasteiger partial charge in [-0.2, -0.15) is 13.2 Å². The second kappa shape index (κ2) is 8.93. The van der Waals surface area contributed by atoms with Gasteiger partial charge >= 0.3 is 6.18 Å². The molecule has 0 bridgehead atoms. The summed E-state index contributed by atoms with van der Waals surface area (Å²) in [6, 6.07) is 10.5. The van der Waals surface area contributed by atoms with Crippen LogP contribution in [0.4, 0.5) is 24.7 Å². The predicted molar refractivity (Wildman–Crippen MR) is 112 cm³/mol. The van der Waals surface area contributed by atoms with Crippen molar-refractivity contribution in [1.82, 2.24) is 9.88 Å². The topological polar surface area (TPSA) is 39.7 Å². The number of aromatic nitrogens is 1. The standard InChI is InChI=1S/C22H27F3N4O/c1-4-29(16(2)3)19-8-5-17(6-9-19)21(30)28-13-11-27(12-14-28)20-10-7-18(15-26-20)22(23,24)25/h5-10,15-16H,4,11-14H2,1-3H3. The highest BCUT2D eigenvalue weighted by molar-refractivity contribution is 5.94. The van der Waals surface area contributed by atoms with Crippen LogP contribution in [0.3, 0.4) is 0 Å². The van der Waals surface area contributed by atoms with E-state index in [0.717, 1.165) is 24.5 Å². The van der Waals surface area contributed by atoms with E-state index in [1.807, 2.05) is 29.2 Å². The number of carbonyl (C=O) groups excluding carboxylic acids is 1. The molecule has 8 heteroatoms. The maximum absolute atomic E-state index is 12.8. The van der Waals surface area contributed by atoms with Crippen LogP contribution in [0, 0.1) is 0 Å². The van der Waals surface area contributed by atoms with Crippen LogP contribution in [0.2, 0.25) is 0 Å². The molecular formula is C22H27F3N4O. The maximum atomic E-state index is 12.8. The van der Waals surface area contributed by atoms with Crippen molar-refractivity contribution in [2.75, 3.05) is 42.5 Å². The minimum absolute atomic E-state index is 0.0332. The minimum Gasteiger partial charge on any atom is -0.369 e. The van der Waals surface area contributed by atoms with E-state index < -0.39 is 11.7 Å². The minimum atomic E-state index is -4.39. The summed E-state index contributed by atoms with van der Waals surface area (Å²) in [7, 11) is 0. The van der Waals surface area contributed by atoms with E-state index in [1.54, 1.807) is 4.90 Å². The SMILES string of the molecule is CCN(c1ccc(C(=O)N2CCN(c3ccc(C(F)(F)F)cn3)CC2)cc1)C(C)C. The van der Waals surface area contributed by atoms with Crippen molar-refractivity contribution in [2.45, 2.75) is 33.0 Å². The van der Waals surface area contributed by atoms with Gasteiger partial charge in [0.1, 0.15) is 5.82 Å². The Morgan fingerprint density at radius 2 is 1.70 bits per heavy atom. The molecule has 1 saturated heterocycles. The van der Waals surface area contributed by atoms with Gasteiger partial charge in [-0.3, -0.25) is 4.79 Å². The molecule has 162 valence electrons. The number of hydrogen-bond acceptors (Lipinski definition) is 4. The molecule has 1 aliphatic heterocycles. The van der Waals surface area contributed by atoms with Crippen LogP contribution in [0.1, 0.15) is 36.7 Å². The van der Waals surface area contributed by atoms with Crippen molar-refractivity contribution in [3.05, 3.63) is 53.7 Å². The summed E-state index contributed by atoms with van der Waals surface area (Å²) < 4.78 is 38.1. The van der Waals surface area contributed by atoms with E-state index in [-0.39, 0.29) is 5.91 Å². The first-order valence-corrected chi connectivity index (χ1v) is 10.1. The highest BCUT2D eigenvalue weighted by Gasteiger charge is 2.31. The molecule has 0 spiro atoms. The lowest BCUT2D eigenvalue weighted by atomic mass is 10.1. The van der Waals surface area contributed by atoms with Gasteiger partial charge in [-0.15, -0.1) is 0 Å². The van der Waals surface area contributed by atoms with Gasteiger partial charge < -0.3 is 14.7 Å². The van der Waals surface area contributed by atoms with Gasteiger partial charge in [0.15, 0.2) is 0 Å². The molecule has 1 fully saturated rings. The average Bonchev–Trinajstić information content (AvgIpc) is 2.74. The third kappa shape index (κ3) is 4.86. The van der Waals surface area contributed by atoms with Gasteiger partial charge in [0.25, 0.3) is 5.91 Å². The van der Waals surface area contributed by atoms with Crippen LogP contribution in [-0.4, -0.2) is 54.6 Å². The number of pyridine rings is 1. The van der Waals surface area contributed by atoms with Gasteiger partial charge in [-0.1, -0.05) is 0 Å². The number of amides is 1. The molecule has 0 saturated carbocycles. The van der Waals surface area contributed by atoms with E-state index >= 15 is 0 Å². The number of rotatable bonds is 5. The fourth-order valence-corrected chi connectivity index (χ4v) is 3.70. The summed E-state index contributed by atoms with van der Waals surface area (Å²) in [5, 5.41) is 0. The van der Waals surface area contributed by atoms with Crippen LogP contribution >= 0.6 is 0 Å². The Labute approximate surface area is 175 Å². The summed E-state index contributed by atoms with van der Waals surface area (Å²) in [6.45, 7) is 9.31. The number of hydrogen-bond donors (Lipinski definition) is 0. The number of piperazine rings is 1. The number of nitrogens with zero attached hydrogens (tertiary/aromatic N) is 4. The number of anilines is 2. The number of carbonyl (C=O) groups is 1. The second-order valence-electron chi connectivity index (χ2n) is 7.61. The second-order valence-corrected chi connectivity index (χ2v) is 7.61. The number of benzene rings is 1. The fourth-order valence-electron chi connectivity index (χ4n) is 3.70. The highest BCUT2D eigenvalue weighted by atomic mass is 19.4. The summed E-state index contributed by atoms with van der Waals surface area (Å²) in [5.41, 5.74) is 0.963. The van der Waals surface area contributed by atoms with Gasteiger partial charge in [0.2, 0.25) is 0 Å². The van der Waals surface area contributed by atoms with Crippen LogP contribution < -0.4 is 9.80 Å². The predicted octanol–water partition coefficient (Wildman–Crippen LogP) is 4.30. The number of halogens is 3. The van der Waals surface area contributed by atoms with Gasteiger partial charge in [0, 0.05) is 56.2 Å². The molecule has 0 atom stereocenters. The first-order valence-electron chi connectivity index (χ1n) is 10.1. The molecule has 1 aliphatic rings. The van der Waals surface area contributed by atoms with E-state index in [9.17, 15) is 18.0 Å². The maximum Gasteiger partial charge on any atom is 0.417 e. The normalized spacial score (nSPS) is 14.9. The highest BCUT2D eigenvalue weighted by Crippen LogP contribution is 2.29. The molecular weight excluding hydrogens is 393 g/mol. The third-order valence-corrected chi connectivity index (χ3v) is 5.38. The Kier molecular flexibility index (Phi) is 6.53. The third-order valence-electron chi connectivity index (χ3n) is 5.38. The van der Waals surface area contributed by atoms with Crippen LogP contribution in [-0.2, 0) is 6.18 Å². The first-order chi connectivity index (χ1) is 14.2. The largest absolute Gasteiger partial charge is 0.417 e. The fraction of sp³-hybridized carbons (Fsp3) is 0.455. The molecule has 1 amide bonds. The molecule has 2 heterocycles. The van der Waals surface area contributed by atoms with E-state index in [1.165, 1.54) is 6.07 Å². The van der Waals surface area contributed by atoms with E-state index in [2.05, 4.69) is 30.7 Å². The summed E-state index contributed by atoms with van der Waals surface area (Å²) >= 11 is 0. The summed E-state index contributed by atoms with van der Waals surface area (Å²) in [4.78, 5) is 22.7. The van der Waals surface area contributed by atoms with Crippen molar-refractivity contribution in [2.24, 2.45) is 0 Å². The van der Waals surface area contributed by atoms with E-state index in [0.29, 0.717) is 43.6 Å². The zero-order chi connectivity index (χ0) is 21.9. The summed E-state index contributed by atoms with van der Waals surface area (Å²) in [6.07, 6.45) is -3.54. The zero-order valence-electron chi connectivity index (χ0n) is 17.5. The van der Waals surface area contributed by atoms with Crippen molar-refractivity contribution >= 4 is 17.4 Å². The molecule has 0 unspecified atom stereocenters. The lowest BCUT2D eigenvalue weighted by Crippen LogP contribution is -2.49. The van der Waals surface area contributed by atoms with Crippen molar-refractivity contribution < 1.29 is 18.0 Å². The molecule has 0 aliphatic carbocycles. The Bertz CT molecular complexity index is 842. The lowest BCUT2D eigenvalue weighted by molar-refractivity contribution is -0.137. The monoisotopic (exact) mass is 420 g/mol. The van der Waals surface area contributed by atoms with Crippen molar-refractivity contribution in [3.63, 3.8) is 0 Å². The average molecular weight is 420 g/mol. The Morgan fingerprint density at radius 1 is 1.07 bits per heavy atom. The zero-order valence-corrected chi connectivity index (χ0v) is 17.5. The van der Waals surface area contributed by atoms with E-state index in [4.69, 9.17) is 0 Å². The summed E-state index contributed by atoms with van der Waals surface area (Å²) in [5.74, 6) is 0.460. The molecule has 2 aromatic rings. The molecule has 1 aromatic heterocycles. The van der Waals surface area contributed by atoms with Crippen LogP contribution in [0.5, 0.6) is 0 Å². The van der Waals surface area contributed by atoms with Gasteiger partial charge in [-0.05, 0) is 57.2 Å². The van der Waals surface area contributed by atoms with Gasteiger partial charge in [0.05, 0.1) is 5.56 Å².